The fourth-order valence-corrected chi connectivity index (χ4v) is 5.41. The van der Waals surface area contributed by atoms with Gasteiger partial charge in [0.2, 0.25) is 15.9 Å². The van der Waals surface area contributed by atoms with Gasteiger partial charge in [0.25, 0.3) is 0 Å². The van der Waals surface area contributed by atoms with E-state index in [-0.39, 0.29) is 23.2 Å². The Kier molecular flexibility index (Phi) is 5.75. The van der Waals surface area contributed by atoms with Crippen molar-refractivity contribution in [1.29, 1.82) is 0 Å². The number of aromatic nitrogens is 2. The second kappa shape index (κ2) is 8.48. The van der Waals surface area contributed by atoms with Crippen LogP contribution >= 0.6 is 0 Å². The molecule has 1 aliphatic heterocycles. The largest absolute Gasteiger partial charge is 0.497 e. The molecule has 2 aromatic carbocycles. The molecule has 0 spiro atoms. The van der Waals surface area contributed by atoms with Gasteiger partial charge in [0.15, 0.2) is 0 Å². The van der Waals surface area contributed by atoms with Gasteiger partial charge in [-0.2, -0.15) is 4.31 Å². The number of rotatable bonds is 7. The van der Waals surface area contributed by atoms with Gasteiger partial charge in [-0.1, -0.05) is 0 Å². The highest BCUT2D eigenvalue weighted by atomic mass is 32.2. The summed E-state index contributed by atoms with van der Waals surface area (Å²) in [6.07, 6.45) is 1.57. The number of hydrogen-bond donors (Lipinski definition) is 3. The molecule has 1 saturated heterocycles. The van der Waals surface area contributed by atoms with Crippen molar-refractivity contribution in [2.75, 3.05) is 13.7 Å². The summed E-state index contributed by atoms with van der Waals surface area (Å²) in [5, 5.41) is 9.80. The van der Waals surface area contributed by atoms with Crippen molar-refractivity contribution in [3.05, 3.63) is 64.7 Å². The molecular formula is C21H23N3O6S. The molecule has 0 saturated carbocycles. The molecule has 1 fully saturated rings. The first-order chi connectivity index (χ1) is 14.9. The summed E-state index contributed by atoms with van der Waals surface area (Å²) < 4.78 is 38.7. The average molecular weight is 445 g/mol. The molecule has 4 rings (SSSR count). The minimum absolute atomic E-state index is 0.160. The van der Waals surface area contributed by atoms with Crippen molar-refractivity contribution in [1.82, 2.24) is 14.3 Å². The van der Waals surface area contributed by atoms with Gasteiger partial charge in [0.1, 0.15) is 17.2 Å². The molecule has 1 aliphatic rings. The maximum atomic E-state index is 13.2. The zero-order valence-electron chi connectivity index (χ0n) is 16.9. The van der Waals surface area contributed by atoms with E-state index < -0.39 is 15.7 Å². The maximum absolute atomic E-state index is 13.2. The molecule has 3 aromatic rings. The third-order valence-corrected chi connectivity index (χ3v) is 7.24. The number of aromatic hydroxyl groups is 1. The SMILES string of the molecule is COc1ccc(Oc2ccc(S(=O)(=O)N3CCCC3Cc3[nH]c(=O)[nH]c3O)cc2)cc1. The Hall–Kier alpha value is -3.24. The predicted molar refractivity (Wildman–Crippen MR) is 113 cm³/mol. The van der Waals surface area contributed by atoms with E-state index in [1.807, 2.05) is 0 Å². The highest BCUT2D eigenvalue weighted by Crippen LogP contribution is 2.31. The minimum Gasteiger partial charge on any atom is -0.497 e. The standard InChI is InChI=1S/C21H23N3O6S/c1-29-15-4-6-16(7-5-15)30-17-8-10-18(11-9-17)31(27,28)24-12-2-3-14(24)13-19-20(25)23-21(26)22-19/h4-11,14,25H,2-3,12-13H2,1H3,(H2,22,23,26). The summed E-state index contributed by atoms with van der Waals surface area (Å²) >= 11 is 0. The normalized spacial score (nSPS) is 17.0. The second-order valence-corrected chi connectivity index (χ2v) is 9.16. The van der Waals surface area contributed by atoms with E-state index in [0.29, 0.717) is 42.3 Å². The first-order valence-corrected chi connectivity index (χ1v) is 11.2. The fourth-order valence-electron chi connectivity index (χ4n) is 3.72. The lowest BCUT2D eigenvalue weighted by Gasteiger charge is -2.24. The predicted octanol–water partition coefficient (Wildman–Crippen LogP) is 2.61. The minimum atomic E-state index is -3.74. The summed E-state index contributed by atoms with van der Waals surface area (Å²) in [5.41, 5.74) is -0.215. The number of sulfonamides is 1. The van der Waals surface area contributed by atoms with Crippen LogP contribution in [0.1, 0.15) is 18.5 Å². The van der Waals surface area contributed by atoms with Gasteiger partial charge in [-0.3, -0.25) is 4.98 Å². The third kappa shape index (κ3) is 4.44. The summed E-state index contributed by atoms with van der Waals surface area (Å²) in [4.78, 5) is 16.3. The van der Waals surface area contributed by atoms with Crippen molar-refractivity contribution in [2.45, 2.75) is 30.2 Å². The van der Waals surface area contributed by atoms with Gasteiger partial charge in [-0.05, 0) is 61.4 Å². The molecule has 2 heterocycles. The van der Waals surface area contributed by atoms with Gasteiger partial charge in [0.05, 0.1) is 17.7 Å². The van der Waals surface area contributed by atoms with Crippen LogP contribution in [-0.2, 0) is 16.4 Å². The summed E-state index contributed by atoms with van der Waals surface area (Å²) in [6, 6.07) is 13.0. The molecule has 1 aromatic heterocycles. The van der Waals surface area contributed by atoms with Crippen LogP contribution in [0.2, 0.25) is 0 Å². The number of ether oxygens (including phenoxy) is 2. The topological polar surface area (TPSA) is 125 Å². The van der Waals surface area contributed by atoms with Gasteiger partial charge in [-0.25, -0.2) is 13.2 Å². The molecule has 1 unspecified atom stereocenters. The monoisotopic (exact) mass is 445 g/mol. The number of aromatic amines is 2. The number of hydrogen-bond acceptors (Lipinski definition) is 6. The van der Waals surface area contributed by atoms with Crippen LogP contribution in [0.3, 0.4) is 0 Å². The number of H-pyrrole nitrogens is 2. The Bertz CT molecular complexity index is 1200. The van der Waals surface area contributed by atoms with Crippen LogP contribution in [-0.4, -0.2) is 47.5 Å². The van der Waals surface area contributed by atoms with Crippen LogP contribution in [0.25, 0.3) is 0 Å². The molecule has 0 aliphatic carbocycles. The molecule has 31 heavy (non-hydrogen) atoms. The fraction of sp³-hybridized carbons (Fsp3) is 0.286. The van der Waals surface area contributed by atoms with Gasteiger partial charge in [-0.15, -0.1) is 0 Å². The molecule has 3 N–H and O–H groups in total. The number of imidazole rings is 1. The first kappa shape index (κ1) is 21.0. The Morgan fingerprint density at radius 2 is 1.65 bits per heavy atom. The van der Waals surface area contributed by atoms with Crippen LogP contribution in [0.4, 0.5) is 0 Å². The maximum Gasteiger partial charge on any atom is 0.325 e. The van der Waals surface area contributed by atoms with Crippen molar-refractivity contribution >= 4 is 10.0 Å². The van der Waals surface area contributed by atoms with E-state index >= 15 is 0 Å². The molecule has 9 nitrogen and oxygen atoms in total. The number of methoxy groups -OCH3 is 1. The summed E-state index contributed by atoms with van der Waals surface area (Å²) in [6.45, 7) is 0.381. The Morgan fingerprint density at radius 3 is 2.23 bits per heavy atom. The molecule has 0 amide bonds. The van der Waals surface area contributed by atoms with E-state index in [1.165, 1.54) is 16.4 Å². The molecular weight excluding hydrogens is 422 g/mol. The molecule has 10 heteroatoms. The Labute approximate surface area is 179 Å². The van der Waals surface area contributed by atoms with E-state index in [2.05, 4.69) is 9.97 Å². The van der Waals surface area contributed by atoms with Crippen molar-refractivity contribution in [2.24, 2.45) is 0 Å². The Balaban J connectivity index is 1.49. The number of nitrogens with one attached hydrogen (secondary N) is 2. The second-order valence-electron chi connectivity index (χ2n) is 7.27. The van der Waals surface area contributed by atoms with Crippen LogP contribution < -0.4 is 15.2 Å². The molecule has 0 radical (unpaired) electrons. The lowest BCUT2D eigenvalue weighted by Crippen LogP contribution is -2.36. The van der Waals surface area contributed by atoms with Crippen molar-refractivity contribution in [3.8, 4) is 23.1 Å². The Morgan fingerprint density at radius 1 is 1.03 bits per heavy atom. The average Bonchev–Trinajstić information content (AvgIpc) is 3.35. The molecule has 0 bridgehead atoms. The first-order valence-electron chi connectivity index (χ1n) is 9.81. The zero-order valence-corrected chi connectivity index (χ0v) is 17.7. The van der Waals surface area contributed by atoms with Crippen molar-refractivity contribution < 1.29 is 23.0 Å². The van der Waals surface area contributed by atoms with Crippen LogP contribution in [0.15, 0.2) is 58.2 Å². The number of nitrogens with zero attached hydrogens (tertiary/aromatic N) is 1. The smallest absolute Gasteiger partial charge is 0.325 e. The van der Waals surface area contributed by atoms with Gasteiger partial charge >= 0.3 is 5.69 Å². The van der Waals surface area contributed by atoms with Gasteiger partial charge in [0, 0.05) is 19.0 Å². The summed E-state index contributed by atoms with van der Waals surface area (Å²) in [7, 11) is -2.15. The van der Waals surface area contributed by atoms with Crippen LogP contribution in [0, 0.1) is 0 Å². The lowest BCUT2D eigenvalue weighted by molar-refractivity contribution is 0.376. The third-order valence-electron chi connectivity index (χ3n) is 5.27. The zero-order chi connectivity index (χ0) is 22.0. The van der Waals surface area contributed by atoms with E-state index in [0.717, 1.165) is 0 Å². The molecule has 164 valence electrons. The quantitative estimate of drug-likeness (QED) is 0.513. The van der Waals surface area contributed by atoms with Crippen LogP contribution in [0.5, 0.6) is 23.1 Å². The number of benzene rings is 2. The van der Waals surface area contributed by atoms with Crippen molar-refractivity contribution in [3.63, 3.8) is 0 Å². The highest BCUT2D eigenvalue weighted by Gasteiger charge is 2.36. The van der Waals surface area contributed by atoms with E-state index in [4.69, 9.17) is 9.47 Å². The molecule has 1 atom stereocenters. The highest BCUT2D eigenvalue weighted by molar-refractivity contribution is 7.89. The van der Waals surface area contributed by atoms with E-state index in [1.54, 1.807) is 43.5 Å². The van der Waals surface area contributed by atoms with Gasteiger partial charge < -0.3 is 19.6 Å². The summed E-state index contributed by atoms with van der Waals surface area (Å²) in [5.74, 6) is 1.58. The van der Waals surface area contributed by atoms with E-state index in [9.17, 15) is 18.3 Å². The lowest BCUT2D eigenvalue weighted by atomic mass is 10.1.